The summed E-state index contributed by atoms with van der Waals surface area (Å²) in [4.78, 5) is 39.3. The van der Waals surface area contributed by atoms with Gasteiger partial charge in [0.1, 0.15) is 0 Å². The molecule has 206 valence electrons. The lowest BCUT2D eigenvalue weighted by molar-refractivity contribution is -0.119. The van der Waals surface area contributed by atoms with Crippen LogP contribution in [0.2, 0.25) is 0 Å². The summed E-state index contributed by atoms with van der Waals surface area (Å²) in [6.45, 7) is 20.7. The van der Waals surface area contributed by atoms with Gasteiger partial charge in [-0.05, 0) is 137 Å². The molecule has 0 heterocycles. The summed E-state index contributed by atoms with van der Waals surface area (Å²) in [7, 11) is 0. The maximum absolute atomic E-state index is 13.7. The van der Waals surface area contributed by atoms with Gasteiger partial charge in [0.05, 0.1) is 11.3 Å². The second-order valence-corrected chi connectivity index (χ2v) is 11.5. The van der Waals surface area contributed by atoms with E-state index in [1.807, 2.05) is 27.7 Å². The van der Waals surface area contributed by atoms with Crippen LogP contribution in [0.4, 0.5) is 0 Å². The fourth-order valence-electron chi connectivity index (χ4n) is 5.12. The Morgan fingerprint density at radius 1 is 0.590 bits per heavy atom. The molecule has 0 aliphatic carbocycles. The zero-order valence-corrected chi connectivity index (χ0v) is 25.7. The predicted molar refractivity (Wildman–Crippen MR) is 162 cm³/mol. The third kappa shape index (κ3) is 5.96. The van der Waals surface area contributed by atoms with E-state index >= 15 is 0 Å². The summed E-state index contributed by atoms with van der Waals surface area (Å²) in [5, 5.41) is 0. The molecule has 0 saturated carbocycles. The Labute approximate surface area is 237 Å². The summed E-state index contributed by atoms with van der Waals surface area (Å²) < 4.78 is 0. The van der Waals surface area contributed by atoms with Crippen LogP contribution in [-0.2, 0) is 10.5 Å². The quantitative estimate of drug-likeness (QED) is 0.256. The van der Waals surface area contributed by atoms with E-state index in [2.05, 4.69) is 52.4 Å². The standard InChI is InChI=1S/C33H40N2O3S/c1-17-19(3)23(7)29(24(8)20(17)4)15-39-16-30(36)34-35-33(38)28-14-12-11-13-27(28)32(37)31-25(9)21(5)18(2)22(6)26(31)10/h11-14H,15-16H2,1-10H3,(H,34,36)(H,35,38). The summed E-state index contributed by atoms with van der Waals surface area (Å²) in [5.41, 5.74) is 19.0. The van der Waals surface area contributed by atoms with Crippen LogP contribution in [0.15, 0.2) is 24.3 Å². The second-order valence-electron chi connectivity index (χ2n) is 10.5. The maximum atomic E-state index is 13.7. The molecule has 2 amide bonds. The van der Waals surface area contributed by atoms with Gasteiger partial charge in [-0.25, -0.2) is 0 Å². The van der Waals surface area contributed by atoms with Gasteiger partial charge in [0.15, 0.2) is 5.78 Å². The Balaban J connectivity index is 1.70. The molecule has 3 aromatic rings. The van der Waals surface area contributed by atoms with Gasteiger partial charge in [0.25, 0.3) is 5.91 Å². The van der Waals surface area contributed by atoms with Gasteiger partial charge in [-0.3, -0.25) is 25.2 Å². The molecule has 0 aromatic heterocycles. The van der Waals surface area contributed by atoms with Gasteiger partial charge < -0.3 is 0 Å². The SMILES string of the molecule is Cc1c(C)c(C)c(CSCC(=O)NNC(=O)c2ccccc2C(=O)c2c(C)c(C)c(C)c(C)c2C)c(C)c1C. The van der Waals surface area contributed by atoms with Crippen LogP contribution in [0.25, 0.3) is 0 Å². The minimum absolute atomic E-state index is 0.196. The number of nitrogens with one attached hydrogen (secondary N) is 2. The van der Waals surface area contributed by atoms with Gasteiger partial charge in [-0.15, -0.1) is 11.8 Å². The van der Waals surface area contributed by atoms with Crippen molar-refractivity contribution in [2.24, 2.45) is 0 Å². The normalized spacial score (nSPS) is 10.9. The molecule has 0 radical (unpaired) electrons. The highest BCUT2D eigenvalue weighted by atomic mass is 32.2. The number of amides is 2. The molecular weight excluding hydrogens is 504 g/mol. The van der Waals surface area contributed by atoms with Crippen LogP contribution < -0.4 is 10.9 Å². The molecule has 39 heavy (non-hydrogen) atoms. The van der Waals surface area contributed by atoms with Gasteiger partial charge in [0, 0.05) is 16.9 Å². The minimum Gasteiger partial charge on any atom is -0.289 e. The van der Waals surface area contributed by atoms with E-state index in [0.717, 1.165) is 22.3 Å². The molecule has 5 nitrogen and oxygen atoms in total. The first-order valence-corrected chi connectivity index (χ1v) is 14.4. The van der Waals surface area contributed by atoms with E-state index < -0.39 is 5.91 Å². The van der Waals surface area contributed by atoms with E-state index in [1.54, 1.807) is 24.3 Å². The molecule has 0 fully saturated rings. The number of carbonyl (C=O) groups excluding carboxylic acids is 3. The number of hydrogen-bond acceptors (Lipinski definition) is 4. The smallest absolute Gasteiger partial charge is 0.270 e. The monoisotopic (exact) mass is 544 g/mol. The molecule has 3 rings (SSSR count). The summed E-state index contributed by atoms with van der Waals surface area (Å²) >= 11 is 1.51. The predicted octanol–water partition coefficient (Wildman–Crippen LogP) is 6.70. The molecule has 0 spiro atoms. The molecule has 2 N–H and O–H groups in total. The fraction of sp³-hybridized carbons (Fsp3) is 0.364. The molecule has 0 aliphatic heterocycles. The zero-order chi connectivity index (χ0) is 29.2. The average molecular weight is 545 g/mol. The Morgan fingerprint density at radius 3 is 1.54 bits per heavy atom. The fourth-order valence-corrected chi connectivity index (χ4v) is 6.12. The lowest BCUT2D eigenvalue weighted by Crippen LogP contribution is -2.43. The van der Waals surface area contributed by atoms with Crippen LogP contribution >= 0.6 is 11.8 Å². The Kier molecular flexibility index (Phi) is 9.44. The van der Waals surface area contributed by atoms with Crippen molar-refractivity contribution in [2.75, 3.05) is 5.75 Å². The lowest BCUT2D eigenvalue weighted by Gasteiger charge is -2.19. The number of thioether (sulfide) groups is 1. The second kappa shape index (κ2) is 12.2. The molecule has 0 aliphatic rings. The van der Waals surface area contributed by atoms with Crippen molar-refractivity contribution in [3.05, 3.63) is 102 Å². The molecule has 0 bridgehead atoms. The Hall–Kier alpha value is -3.38. The van der Waals surface area contributed by atoms with E-state index in [0.29, 0.717) is 16.9 Å². The maximum Gasteiger partial charge on any atom is 0.270 e. The third-order valence-corrected chi connectivity index (χ3v) is 9.55. The van der Waals surface area contributed by atoms with Gasteiger partial charge >= 0.3 is 0 Å². The molecule has 6 heteroatoms. The van der Waals surface area contributed by atoms with E-state index in [1.165, 1.54) is 50.7 Å². The van der Waals surface area contributed by atoms with E-state index in [9.17, 15) is 14.4 Å². The number of hydrogen-bond donors (Lipinski definition) is 2. The number of hydrazine groups is 1. The summed E-state index contributed by atoms with van der Waals surface area (Å²) in [6, 6.07) is 6.73. The molecule has 0 atom stereocenters. The van der Waals surface area contributed by atoms with Crippen molar-refractivity contribution in [1.82, 2.24) is 10.9 Å². The van der Waals surface area contributed by atoms with Gasteiger partial charge in [-0.1, -0.05) is 18.2 Å². The topological polar surface area (TPSA) is 75.3 Å². The number of rotatable bonds is 7. The minimum atomic E-state index is -0.523. The van der Waals surface area contributed by atoms with Crippen molar-refractivity contribution in [3.63, 3.8) is 0 Å². The number of benzene rings is 3. The first kappa shape index (κ1) is 30.2. The first-order valence-electron chi connectivity index (χ1n) is 13.2. The van der Waals surface area contributed by atoms with Crippen LogP contribution in [0.3, 0.4) is 0 Å². The highest BCUT2D eigenvalue weighted by Crippen LogP contribution is 2.30. The third-order valence-electron chi connectivity index (χ3n) is 8.59. The Morgan fingerprint density at radius 2 is 1.03 bits per heavy atom. The van der Waals surface area contributed by atoms with E-state index in [4.69, 9.17) is 0 Å². The summed E-state index contributed by atoms with van der Waals surface area (Å²) in [6.07, 6.45) is 0. The van der Waals surface area contributed by atoms with Gasteiger partial charge in [0.2, 0.25) is 5.91 Å². The lowest BCUT2D eigenvalue weighted by atomic mass is 9.85. The number of carbonyl (C=O) groups is 3. The van der Waals surface area contributed by atoms with Crippen molar-refractivity contribution in [2.45, 2.75) is 75.0 Å². The molecule has 0 saturated heterocycles. The average Bonchev–Trinajstić information content (AvgIpc) is 2.93. The largest absolute Gasteiger partial charge is 0.289 e. The first-order chi connectivity index (χ1) is 18.3. The summed E-state index contributed by atoms with van der Waals surface area (Å²) in [5.74, 6) is -0.106. The van der Waals surface area contributed by atoms with E-state index in [-0.39, 0.29) is 23.0 Å². The Bertz CT molecular complexity index is 1430. The van der Waals surface area contributed by atoms with Crippen molar-refractivity contribution in [3.8, 4) is 0 Å². The highest BCUT2D eigenvalue weighted by Gasteiger charge is 2.24. The van der Waals surface area contributed by atoms with Crippen LogP contribution in [0.1, 0.15) is 87.5 Å². The molecule has 0 unspecified atom stereocenters. The van der Waals surface area contributed by atoms with Crippen LogP contribution in [-0.4, -0.2) is 23.4 Å². The van der Waals surface area contributed by atoms with Crippen LogP contribution in [0.5, 0.6) is 0 Å². The van der Waals surface area contributed by atoms with Crippen molar-refractivity contribution >= 4 is 29.4 Å². The van der Waals surface area contributed by atoms with Crippen molar-refractivity contribution < 1.29 is 14.4 Å². The van der Waals surface area contributed by atoms with Crippen molar-refractivity contribution in [1.29, 1.82) is 0 Å². The highest BCUT2D eigenvalue weighted by molar-refractivity contribution is 7.99. The number of ketones is 1. The molecule has 3 aromatic carbocycles. The zero-order valence-electron chi connectivity index (χ0n) is 24.9. The van der Waals surface area contributed by atoms with Gasteiger partial charge in [-0.2, -0.15) is 0 Å². The molecular formula is C33H40N2O3S. The van der Waals surface area contributed by atoms with Crippen LogP contribution in [0, 0.1) is 69.2 Å².